The standard InChI is InChI=1S/C14H10N2O4/c1-5-4-8(17)15-11-9(5)12(18)7-3-6(2)14(20)16-10(7)13(11)19/h3-4H,1-2H3,(H,15,17)(H,16,20). The monoisotopic (exact) mass is 270 g/mol. The number of rotatable bonds is 0. The van der Waals surface area contributed by atoms with E-state index in [0.29, 0.717) is 11.1 Å². The molecule has 0 saturated carbocycles. The van der Waals surface area contributed by atoms with Crippen molar-refractivity contribution < 1.29 is 9.59 Å². The highest BCUT2D eigenvalue weighted by Crippen LogP contribution is 2.25. The van der Waals surface area contributed by atoms with E-state index >= 15 is 0 Å². The fourth-order valence-corrected chi connectivity index (χ4v) is 2.40. The first-order valence-corrected chi connectivity index (χ1v) is 5.97. The summed E-state index contributed by atoms with van der Waals surface area (Å²) in [6.45, 7) is 3.16. The lowest BCUT2D eigenvalue weighted by molar-refractivity contribution is 0.0970. The van der Waals surface area contributed by atoms with Crippen LogP contribution in [0.4, 0.5) is 0 Å². The van der Waals surface area contributed by atoms with Crippen LogP contribution in [0, 0.1) is 13.8 Å². The van der Waals surface area contributed by atoms with Crippen LogP contribution >= 0.6 is 0 Å². The highest BCUT2D eigenvalue weighted by Gasteiger charge is 2.33. The minimum atomic E-state index is -0.549. The topological polar surface area (TPSA) is 99.9 Å². The van der Waals surface area contributed by atoms with Crippen LogP contribution in [0.3, 0.4) is 0 Å². The maximum Gasteiger partial charge on any atom is 0.251 e. The van der Waals surface area contributed by atoms with Gasteiger partial charge in [-0.05, 0) is 25.5 Å². The lowest BCUT2D eigenvalue weighted by atomic mass is 9.87. The Kier molecular flexibility index (Phi) is 2.37. The Balaban J connectivity index is 2.42. The largest absolute Gasteiger partial charge is 0.318 e. The molecule has 1 aliphatic carbocycles. The molecule has 2 aromatic heterocycles. The summed E-state index contributed by atoms with van der Waals surface area (Å²) in [6, 6.07) is 2.68. The zero-order valence-electron chi connectivity index (χ0n) is 10.8. The number of H-pyrrole nitrogens is 2. The maximum atomic E-state index is 12.5. The molecule has 3 rings (SSSR count). The summed E-state index contributed by atoms with van der Waals surface area (Å²) >= 11 is 0. The Morgan fingerprint density at radius 2 is 1.50 bits per heavy atom. The molecule has 20 heavy (non-hydrogen) atoms. The first kappa shape index (κ1) is 12.3. The number of carbonyl (C=O) groups excluding carboxylic acids is 2. The van der Waals surface area contributed by atoms with Crippen molar-refractivity contribution in [2.45, 2.75) is 13.8 Å². The van der Waals surface area contributed by atoms with Gasteiger partial charge < -0.3 is 9.97 Å². The molecule has 0 unspecified atom stereocenters. The summed E-state index contributed by atoms with van der Waals surface area (Å²) in [5.74, 6) is -0.921. The van der Waals surface area contributed by atoms with E-state index in [1.807, 2.05) is 0 Å². The minimum Gasteiger partial charge on any atom is -0.318 e. The second-order valence-corrected chi connectivity index (χ2v) is 4.79. The number of fused-ring (bicyclic) bond motifs is 2. The molecule has 6 heteroatoms. The van der Waals surface area contributed by atoms with Gasteiger partial charge >= 0.3 is 0 Å². The van der Waals surface area contributed by atoms with E-state index in [1.165, 1.54) is 12.1 Å². The van der Waals surface area contributed by atoms with Crippen LogP contribution in [0.5, 0.6) is 0 Å². The van der Waals surface area contributed by atoms with Crippen LogP contribution in [-0.2, 0) is 0 Å². The SMILES string of the molecule is Cc1cc(=O)[nH]c2c1C(=O)c1cc(C)c(=O)[nH]c1C2=O. The van der Waals surface area contributed by atoms with Crippen LogP contribution < -0.4 is 11.1 Å². The number of aryl methyl sites for hydroxylation is 2. The molecule has 0 amide bonds. The molecule has 2 heterocycles. The van der Waals surface area contributed by atoms with E-state index in [9.17, 15) is 19.2 Å². The van der Waals surface area contributed by atoms with Gasteiger partial charge in [0.05, 0.1) is 11.1 Å². The van der Waals surface area contributed by atoms with Gasteiger partial charge in [0, 0.05) is 11.6 Å². The first-order chi connectivity index (χ1) is 9.40. The molecule has 100 valence electrons. The molecular formula is C14H10N2O4. The fraction of sp³-hybridized carbons (Fsp3) is 0.143. The normalized spacial score (nSPS) is 13.1. The number of carbonyl (C=O) groups is 2. The Morgan fingerprint density at radius 1 is 0.800 bits per heavy atom. The molecule has 0 saturated heterocycles. The average Bonchev–Trinajstić information content (AvgIpc) is 2.37. The molecule has 0 aromatic carbocycles. The third kappa shape index (κ3) is 1.51. The quantitative estimate of drug-likeness (QED) is 0.619. The Morgan fingerprint density at radius 3 is 2.20 bits per heavy atom. The molecule has 2 N–H and O–H groups in total. The van der Waals surface area contributed by atoms with E-state index < -0.39 is 16.9 Å². The molecule has 0 bridgehead atoms. The van der Waals surface area contributed by atoms with E-state index in [0.717, 1.165) is 0 Å². The maximum absolute atomic E-state index is 12.5. The van der Waals surface area contributed by atoms with Crippen molar-refractivity contribution in [3.8, 4) is 0 Å². The van der Waals surface area contributed by atoms with Gasteiger partial charge in [-0.25, -0.2) is 0 Å². The van der Waals surface area contributed by atoms with Gasteiger partial charge in [-0.2, -0.15) is 0 Å². The van der Waals surface area contributed by atoms with Crippen LogP contribution in [0.2, 0.25) is 0 Å². The van der Waals surface area contributed by atoms with Crippen molar-refractivity contribution >= 4 is 11.6 Å². The second kappa shape index (κ2) is 3.86. The molecule has 0 aliphatic heterocycles. The number of ketones is 2. The summed E-state index contributed by atoms with van der Waals surface area (Å²) < 4.78 is 0. The van der Waals surface area contributed by atoms with Crippen LogP contribution in [-0.4, -0.2) is 21.5 Å². The summed E-state index contributed by atoms with van der Waals surface area (Å²) in [5.41, 5.74) is 0.130. The summed E-state index contributed by atoms with van der Waals surface area (Å²) in [6.07, 6.45) is 0. The predicted molar refractivity (Wildman–Crippen MR) is 70.5 cm³/mol. The van der Waals surface area contributed by atoms with E-state index in [1.54, 1.807) is 13.8 Å². The van der Waals surface area contributed by atoms with Gasteiger partial charge in [0.2, 0.25) is 11.3 Å². The van der Waals surface area contributed by atoms with Gasteiger partial charge in [-0.1, -0.05) is 0 Å². The predicted octanol–water partition coefficient (Wildman–Crippen LogP) is 0.455. The first-order valence-electron chi connectivity index (χ1n) is 5.97. The summed E-state index contributed by atoms with van der Waals surface area (Å²) in [7, 11) is 0. The van der Waals surface area contributed by atoms with Crippen LogP contribution in [0.25, 0.3) is 0 Å². The van der Waals surface area contributed by atoms with Gasteiger partial charge in [-0.3, -0.25) is 19.2 Å². The highest BCUT2D eigenvalue weighted by molar-refractivity contribution is 6.27. The second-order valence-electron chi connectivity index (χ2n) is 4.79. The third-order valence-corrected chi connectivity index (χ3v) is 3.39. The molecule has 0 fully saturated rings. The Bertz CT molecular complexity index is 902. The molecule has 0 spiro atoms. The number of nitrogens with one attached hydrogen (secondary N) is 2. The number of hydrogen-bond acceptors (Lipinski definition) is 4. The molecule has 1 aliphatic rings. The lowest BCUT2D eigenvalue weighted by Gasteiger charge is -2.18. The number of hydrogen-bond donors (Lipinski definition) is 2. The van der Waals surface area contributed by atoms with Crippen molar-refractivity contribution in [2.24, 2.45) is 0 Å². The Labute approximate surface area is 112 Å². The zero-order valence-corrected chi connectivity index (χ0v) is 10.8. The summed E-state index contributed by atoms with van der Waals surface area (Å²) in [5, 5.41) is 0. The Hall–Kier alpha value is -2.76. The number of pyridine rings is 2. The van der Waals surface area contributed by atoms with Gasteiger partial charge in [-0.15, -0.1) is 0 Å². The average molecular weight is 270 g/mol. The van der Waals surface area contributed by atoms with Gasteiger partial charge in [0.25, 0.3) is 5.56 Å². The van der Waals surface area contributed by atoms with Gasteiger partial charge in [0.1, 0.15) is 11.4 Å². The van der Waals surface area contributed by atoms with E-state index in [4.69, 9.17) is 0 Å². The highest BCUT2D eigenvalue weighted by atomic mass is 16.2. The molecular weight excluding hydrogens is 260 g/mol. The number of aromatic nitrogens is 2. The molecule has 2 aromatic rings. The molecule has 0 atom stereocenters. The fourth-order valence-electron chi connectivity index (χ4n) is 2.40. The van der Waals surface area contributed by atoms with Crippen LogP contribution in [0.1, 0.15) is 43.2 Å². The van der Waals surface area contributed by atoms with Crippen molar-refractivity contribution in [1.29, 1.82) is 0 Å². The van der Waals surface area contributed by atoms with Crippen molar-refractivity contribution in [3.05, 3.63) is 66.5 Å². The van der Waals surface area contributed by atoms with E-state index in [2.05, 4.69) is 9.97 Å². The molecule has 6 nitrogen and oxygen atoms in total. The van der Waals surface area contributed by atoms with E-state index in [-0.39, 0.29) is 28.3 Å². The zero-order chi connectivity index (χ0) is 14.6. The number of aromatic amines is 2. The van der Waals surface area contributed by atoms with Gasteiger partial charge in [0.15, 0.2) is 5.78 Å². The lowest BCUT2D eigenvalue weighted by Crippen LogP contribution is -2.30. The van der Waals surface area contributed by atoms with Crippen molar-refractivity contribution in [1.82, 2.24) is 9.97 Å². The smallest absolute Gasteiger partial charge is 0.251 e. The van der Waals surface area contributed by atoms with Crippen LogP contribution in [0.15, 0.2) is 21.7 Å². The minimum absolute atomic E-state index is 0.0630. The van der Waals surface area contributed by atoms with Crippen molar-refractivity contribution in [3.63, 3.8) is 0 Å². The summed E-state index contributed by atoms with van der Waals surface area (Å²) in [4.78, 5) is 52.6. The third-order valence-electron chi connectivity index (χ3n) is 3.39. The van der Waals surface area contributed by atoms with Crippen molar-refractivity contribution in [2.75, 3.05) is 0 Å². The molecule has 0 radical (unpaired) electrons.